The van der Waals surface area contributed by atoms with E-state index in [1.54, 1.807) is 24.3 Å². The lowest BCUT2D eigenvalue weighted by molar-refractivity contribution is -0.917. The number of quaternary nitrogens is 1. The highest BCUT2D eigenvalue weighted by Gasteiger charge is 2.22. The Balaban J connectivity index is 1.49. The number of carbonyl (C=O) groups excluding carboxylic acids is 1. The number of benzene rings is 2. The molecule has 1 saturated heterocycles. The van der Waals surface area contributed by atoms with E-state index in [1.807, 2.05) is 11.0 Å². The van der Waals surface area contributed by atoms with Crippen LogP contribution in [0.3, 0.4) is 0 Å². The molecule has 0 aliphatic carbocycles. The van der Waals surface area contributed by atoms with Gasteiger partial charge in [0.1, 0.15) is 12.4 Å². The van der Waals surface area contributed by atoms with Crippen LogP contribution < -0.4 is 4.90 Å². The first-order chi connectivity index (χ1) is 11.7. The molecule has 0 aromatic heterocycles. The Morgan fingerprint density at radius 1 is 1.04 bits per heavy atom. The summed E-state index contributed by atoms with van der Waals surface area (Å²) in [5.74, 6) is -0.242. The fourth-order valence-corrected chi connectivity index (χ4v) is 2.95. The van der Waals surface area contributed by atoms with Gasteiger partial charge in [-0.3, -0.25) is 4.79 Å². The number of halogens is 1. The first kappa shape index (κ1) is 16.4. The van der Waals surface area contributed by atoms with E-state index in [-0.39, 0.29) is 11.7 Å². The van der Waals surface area contributed by atoms with Gasteiger partial charge in [0.05, 0.1) is 26.2 Å². The molecule has 1 heterocycles. The van der Waals surface area contributed by atoms with E-state index in [0.717, 1.165) is 38.3 Å². The van der Waals surface area contributed by atoms with Gasteiger partial charge in [-0.2, -0.15) is 0 Å². The maximum Gasteiger partial charge on any atom is 0.246 e. The van der Waals surface area contributed by atoms with Gasteiger partial charge in [0.15, 0.2) is 0 Å². The minimum absolute atomic E-state index is 0.0260. The largest absolute Gasteiger partial charge is 0.328 e. The van der Waals surface area contributed by atoms with E-state index < -0.39 is 0 Å². The third-order valence-corrected chi connectivity index (χ3v) is 4.37. The Morgan fingerprint density at radius 3 is 2.38 bits per heavy atom. The maximum atomic E-state index is 12.9. The van der Waals surface area contributed by atoms with Crippen molar-refractivity contribution in [2.24, 2.45) is 0 Å². The van der Waals surface area contributed by atoms with Crippen LogP contribution in [0.5, 0.6) is 0 Å². The van der Waals surface area contributed by atoms with Crippen LogP contribution in [0, 0.1) is 5.82 Å². The Kier molecular flexibility index (Phi) is 5.39. The number of rotatable bonds is 4. The standard InChI is InChI=1S/C20H21FN2O/c21-19-9-6-17(7-10-19)8-11-20(24)23-14-12-22(13-15-23)16-18-4-2-1-3-5-18/h1-11H,12-16H2/p+1. The van der Waals surface area contributed by atoms with E-state index >= 15 is 0 Å². The summed E-state index contributed by atoms with van der Waals surface area (Å²) in [4.78, 5) is 15.6. The molecule has 1 aliphatic heterocycles. The number of nitrogens with zero attached hydrogens (tertiary/aromatic N) is 1. The van der Waals surface area contributed by atoms with Crippen molar-refractivity contribution in [3.05, 3.63) is 77.6 Å². The summed E-state index contributed by atoms with van der Waals surface area (Å²) < 4.78 is 12.9. The SMILES string of the molecule is O=C(C=Cc1ccc(F)cc1)N1CC[NH+](Cc2ccccc2)CC1. The van der Waals surface area contributed by atoms with Gasteiger partial charge in [0.25, 0.3) is 0 Å². The van der Waals surface area contributed by atoms with Gasteiger partial charge < -0.3 is 9.80 Å². The summed E-state index contributed by atoms with van der Waals surface area (Å²) in [6.45, 7) is 4.48. The minimum Gasteiger partial charge on any atom is -0.328 e. The van der Waals surface area contributed by atoms with Gasteiger partial charge >= 0.3 is 0 Å². The van der Waals surface area contributed by atoms with Crippen LogP contribution in [0.1, 0.15) is 11.1 Å². The average Bonchev–Trinajstić information content (AvgIpc) is 2.62. The normalized spacial score (nSPS) is 15.8. The van der Waals surface area contributed by atoms with Crippen molar-refractivity contribution in [1.29, 1.82) is 0 Å². The lowest BCUT2D eigenvalue weighted by atomic mass is 10.2. The van der Waals surface area contributed by atoms with E-state index in [9.17, 15) is 9.18 Å². The van der Waals surface area contributed by atoms with Crippen molar-refractivity contribution in [2.75, 3.05) is 26.2 Å². The maximum absolute atomic E-state index is 12.9. The number of hydrogen-bond donors (Lipinski definition) is 1. The number of nitrogens with one attached hydrogen (secondary N) is 1. The van der Waals surface area contributed by atoms with Crippen molar-refractivity contribution in [2.45, 2.75) is 6.54 Å². The molecule has 0 spiro atoms. The molecular weight excluding hydrogens is 303 g/mol. The van der Waals surface area contributed by atoms with Gasteiger partial charge in [-0.1, -0.05) is 42.5 Å². The fourth-order valence-electron chi connectivity index (χ4n) is 2.95. The molecule has 24 heavy (non-hydrogen) atoms. The average molecular weight is 325 g/mol. The zero-order valence-corrected chi connectivity index (χ0v) is 13.6. The molecule has 3 nitrogen and oxygen atoms in total. The molecule has 124 valence electrons. The molecule has 0 unspecified atom stereocenters. The molecule has 1 amide bonds. The molecule has 2 aromatic rings. The second-order valence-corrected chi connectivity index (χ2v) is 6.12. The van der Waals surface area contributed by atoms with E-state index in [2.05, 4.69) is 24.3 Å². The molecular formula is C20H22FN2O+. The van der Waals surface area contributed by atoms with Crippen LogP contribution >= 0.6 is 0 Å². The van der Waals surface area contributed by atoms with Crippen LogP contribution in [0.4, 0.5) is 4.39 Å². The second-order valence-electron chi connectivity index (χ2n) is 6.12. The van der Waals surface area contributed by atoms with Crippen LogP contribution in [0.15, 0.2) is 60.7 Å². The topological polar surface area (TPSA) is 24.8 Å². The smallest absolute Gasteiger partial charge is 0.246 e. The fraction of sp³-hybridized carbons (Fsp3) is 0.250. The highest BCUT2D eigenvalue weighted by atomic mass is 19.1. The molecule has 1 N–H and O–H groups in total. The van der Waals surface area contributed by atoms with Crippen LogP contribution in [0.25, 0.3) is 6.08 Å². The van der Waals surface area contributed by atoms with Gasteiger partial charge in [0.2, 0.25) is 5.91 Å². The number of carbonyl (C=O) groups is 1. The monoisotopic (exact) mass is 325 g/mol. The summed E-state index contributed by atoms with van der Waals surface area (Å²) >= 11 is 0. The zero-order chi connectivity index (χ0) is 16.8. The Bertz CT molecular complexity index is 689. The van der Waals surface area contributed by atoms with Gasteiger partial charge in [-0.25, -0.2) is 4.39 Å². The summed E-state index contributed by atoms with van der Waals surface area (Å²) in [7, 11) is 0. The van der Waals surface area contributed by atoms with E-state index in [0.29, 0.717) is 0 Å². The van der Waals surface area contributed by atoms with Crippen LogP contribution in [0.2, 0.25) is 0 Å². The Hall–Kier alpha value is -2.46. The second kappa shape index (κ2) is 7.88. The Labute approximate surface area is 142 Å². The highest BCUT2D eigenvalue weighted by molar-refractivity contribution is 5.91. The third kappa shape index (κ3) is 4.52. The summed E-state index contributed by atoms with van der Waals surface area (Å²) in [5, 5.41) is 0. The molecule has 0 saturated carbocycles. The number of amides is 1. The van der Waals surface area contributed by atoms with Crippen LogP contribution in [-0.4, -0.2) is 37.0 Å². The van der Waals surface area contributed by atoms with Gasteiger partial charge in [-0.15, -0.1) is 0 Å². The third-order valence-electron chi connectivity index (χ3n) is 4.37. The minimum atomic E-state index is -0.268. The molecule has 4 heteroatoms. The van der Waals surface area contributed by atoms with Crippen molar-refractivity contribution < 1.29 is 14.1 Å². The predicted molar refractivity (Wildman–Crippen MR) is 92.9 cm³/mol. The first-order valence-electron chi connectivity index (χ1n) is 8.31. The molecule has 0 bridgehead atoms. The lowest BCUT2D eigenvalue weighted by Crippen LogP contribution is -3.13. The molecule has 3 rings (SSSR count). The van der Waals surface area contributed by atoms with Crippen molar-refractivity contribution in [1.82, 2.24) is 4.90 Å². The first-order valence-corrected chi connectivity index (χ1v) is 8.31. The van der Waals surface area contributed by atoms with Gasteiger partial charge in [-0.05, 0) is 23.8 Å². The summed E-state index contributed by atoms with van der Waals surface area (Å²) in [5.41, 5.74) is 2.17. The van der Waals surface area contributed by atoms with Crippen molar-refractivity contribution in [3.63, 3.8) is 0 Å². The van der Waals surface area contributed by atoms with Crippen molar-refractivity contribution >= 4 is 12.0 Å². The Morgan fingerprint density at radius 2 is 1.71 bits per heavy atom. The summed E-state index contributed by atoms with van der Waals surface area (Å²) in [6, 6.07) is 16.6. The van der Waals surface area contributed by atoms with Crippen LogP contribution in [-0.2, 0) is 11.3 Å². The molecule has 2 aromatic carbocycles. The van der Waals surface area contributed by atoms with Gasteiger partial charge in [0, 0.05) is 11.6 Å². The zero-order valence-electron chi connectivity index (χ0n) is 13.6. The summed E-state index contributed by atoms with van der Waals surface area (Å²) in [6.07, 6.45) is 3.32. The molecule has 0 radical (unpaired) electrons. The number of hydrogen-bond acceptors (Lipinski definition) is 1. The molecule has 1 aliphatic rings. The number of piperazine rings is 1. The predicted octanol–water partition coefficient (Wildman–Crippen LogP) is 1.77. The highest BCUT2D eigenvalue weighted by Crippen LogP contribution is 2.05. The van der Waals surface area contributed by atoms with Crippen molar-refractivity contribution in [3.8, 4) is 0 Å². The molecule has 1 fully saturated rings. The quantitative estimate of drug-likeness (QED) is 0.852. The van der Waals surface area contributed by atoms with E-state index in [1.165, 1.54) is 22.6 Å². The van der Waals surface area contributed by atoms with E-state index in [4.69, 9.17) is 0 Å². The lowest BCUT2D eigenvalue weighted by Gasteiger charge is -2.31. The molecule has 0 atom stereocenters.